The van der Waals surface area contributed by atoms with Crippen molar-refractivity contribution in [1.29, 1.82) is 0 Å². The molecule has 0 aliphatic carbocycles. The van der Waals surface area contributed by atoms with Gasteiger partial charge in [0.15, 0.2) is 0 Å². The Balaban J connectivity index is 1.17. The van der Waals surface area contributed by atoms with E-state index in [4.69, 9.17) is 18.1 Å². The number of fused-ring (bicyclic) bond motifs is 2. The van der Waals surface area contributed by atoms with Crippen LogP contribution in [0.5, 0.6) is 0 Å². The monoisotopic (exact) mass is 812 g/mol. The molecule has 304 valence electrons. The van der Waals surface area contributed by atoms with E-state index < -0.39 is 22.4 Å². The van der Waals surface area contributed by atoms with Gasteiger partial charge < -0.3 is 0 Å². The third-order valence-corrected chi connectivity index (χ3v) is 23.2. The van der Waals surface area contributed by atoms with Gasteiger partial charge in [0.2, 0.25) is 0 Å². The van der Waals surface area contributed by atoms with E-state index in [-0.39, 0.29) is 0 Å². The summed E-state index contributed by atoms with van der Waals surface area (Å²) in [5.74, 6) is 0. The van der Waals surface area contributed by atoms with Crippen LogP contribution in [0.3, 0.4) is 0 Å². The van der Waals surface area contributed by atoms with Gasteiger partial charge in [-0.25, -0.2) is 0 Å². The van der Waals surface area contributed by atoms with Gasteiger partial charge in [0.05, 0.1) is 0 Å². The van der Waals surface area contributed by atoms with E-state index in [1.807, 2.05) is 48.5 Å². The third kappa shape index (κ3) is 5.69. The molecule has 0 unspecified atom stereocenters. The number of benzene rings is 2. The Kier molecular flexibility index (Phi) is 10.0. The second kappa shape index (κ2) is 14.9. The van der Waals surface area contributed by atoms with Gasteiger partial charge in [-0.2, -0.15) is 0 Å². The van der Waals surface area contributed by atoms with Crippen molar-refractivity contribution in [2.45, 2.75) is 77.0 Å². The average Bonchev–Trinajstić information content (AvgIpc) is 4.06. The normalized spacial score (nSPS) is 24.4. The van der Waals surface area contributed by atoms with Crippen molar-refractivity contribution in [3.63, 3.8) is 0 Å². The quantitative estimate of drug-likeness (QED) is 0.117. The maximum absolute atomic E-state index is 18.9. The molecule has 56 heavy (non-hydrogen) atoms. The summed E-state index contributed by atoms with van der Waals surface area (Å²) in [6.07, 6.45) is 11.5. The Morgan fingerprint density at radius 1 is 0.429 bits per heavy atom. The summed E-state index contributed by atoms with van der Waals surface area (Å²) in [7, 11) is -11.5. The molecule has 0 bridgehead atoms. The molecule has 6 saturated heterocycles. The zero-order valence-corrected chi connectivity index (χ0v) is 34.2. The fourth-order valence-electron chi connectivity index (χ4n) is 10.5. The van der Waals surface area contributed by atoms with Gasteiger partial charge in [-0.05, 0) is 0 Å². The second-order valence-electron chi connectivity index (χ2n) is 16.2. The predicted molar refractivity (Wildman–Crippen MR) is 216 cm³/mol. The Morgan fingerprint density at radius 3 is 0.982 bits per heavy atom. The van der Waals surface area contributed by atoms with Gasteiger partial charge >= 0.3 is 329 Å². The molecule has 4 aromatic rings. The summed E-state index contributed by atoms with van der Waals surface area (Å²) >= 11 is 0. The van der Waals surface area contributed by atoms with Crippen LogP contribution in [-0.2, 0) is 8.88 Å². The fraction of sp³-hybridized carbons (Fsp3) is 0.667. The van der Waals surface area contributed by atoms with Crippen molar-refractivity contribution < 1.29 is 22.4 Å². The number of nitrogens with zero attached hydrogens (tertiary/aromatic N) is 12. The number of hydrogen-bond donors (Lipinski definition) is 0. The van der Waals surface area contributed by atoms with Crippen molar-refractivity contribution in [1.82, 2.24) is 58.3 Å². The summed E-state index contributed by atoms with van der Waals surface area (Å²) in [4.78, 5) is 3.04. The van der Waals surface area contributed by atoms with Crippen molar-refractivity contribution in [2.24, 2.45) is 0 Å². The Morgan fingerprint density at radius 2 is 0.696 bits per heavy atom. The van der Waals surface area contributed by atoms with Crippen LogP contribution in [0.1, 0.15) is 77.0 Å². The maximum atomic E-state index is 18.9. The van der Waals surface area contributed by atoms with Gasteiger partial charge in [-0.3, -0.25) is 0 Å². The summed E-state index contributed by atoms with van der Waals surface area (Å²) < 4.78 is 63.1. The molecule has 0 amide bonds. The molecule has 0 N–H and O–H groups in total. The van der Waals surface area contributed by atoms with E-state index >= 15 is 4.32 Å². The molecule has 2 aromatic carbocycles. The minimum absolute atomic E-state index is 0.705. The molecular formula is C36H56BFN12O4P2. The molecular weight excluding hydrogens is 756 g/mol. The second-order valence-corrected chi connectivity index (χ2v) is 23.7. The van der Waals surface area contributed by atoms with Crippen molar-refractivity contribution in [3.8, 4) is 0 Å². The molecule has 0 radical (unpaired) electrons. The summed E-state index contributed by atoms with van der Waals surface area (Å²) in [6, 6.07) is 15.6. The molecule has 16 nitrogen and oxygen atoms in total. The Bertz CT molecular complexity index is 1770. The summed E-state index contributed by atoms with van der Waals surface area (Å²) in [6.45, 7) is 8.50. The van der Waals surface area contributed by atoms with Gasteiger partial charge in [0, 0.05) is 0 Å². The number of rotatable bonds is 14. The van der Waals surface area contributed by atoms with Crippen LogP contribution in [-0.4, -0.2) is 144 Å². The van der Waals surface area contributed by atoms with E-state index in [1.165, 1.54) is 9.69 Å². The molecule has 0 atom stereocenters. The zero-order valence-electron chi connectivity index (χ0n) is 32.4. The number of halogens is 1. The van der Waals surface area contributed by atoms with Gasteiger partial charge in [0.25, 0.3) is 0 Å². The van der Waals surface area contributed by atoms with Crippen molar-refractivity contribution in [3.05, 3.63) is 48.5 Å². The number of para-hydroxylation sites is 2. The van der Waals surface area contributed by atoms with Crippen LogP contribution >= 0.6 is 15.0 Å². The topological polar surface area (TPSA) is 118 Å². The zero-order chi connectivity index (χ0) is 37.7. The average molecular weight is 813 g/mol. The molecule has 8 heterocycles. The fourth-order valence-corrected chi connectivity index (χ4v) is 21.4. The van der Waals surface area contributed by atoms with Gasteiger partial charge in [-0.1, -0.05) is 0 Å². The van der Waals surface area contributed by atoms with Crippen molar-refractivity contribution >= 4 is 44.5 Å². The first-order valence-corrected chi connectivity index (χ1v) is 25.0. The molecule has 6 aliphatic heterocycles. The van der Waals surface area contributed by atoms with Crippen LogP contribution in [0.15, 0.2) is 48.5 Å². The van der Waals surface area contributed by atoms with Crippen LogP contribution in [0, 0.1) is 0 Å². The molecule has 6 fully saturated rings. The SMILES string of the molecule is FB(OP(On1nnc2ccccc21)(N1CCCC1)(N1CCCC1)N1CCCC1)OP(On1nnc2ccccc21)(N1CCCC1)(N1CCCC1)N1CCCC1. The molecule has 0 saturated carbocycles. The summed E-state index contributed by atoms with van der Waals surface area (Å²) in [5.41, 5.74) is 2.84. The van der Waals surface area contributed by atoms with Crippen molar-refractivity contribution in [2.75, 3.05) is 78.5 Å². The third-order valence-electron chi connectivity index (χ3n) is 13.0. The van der Waals surface area contributed by atoms with E-state index in [9.17, 15) is 0 Å². The first-order chi connectivity index (χ1) is 27.5. The van der Waals surface area contributed by atoms with Gasteiger partial charge in [-0.15, -0.1) is 0 Å². The molecule has 6 aliphatic rings. The van der Waals surface area contributed by atoms with E-state index in [0.29, 0.717) is 101 Å². The Hall–Kier alpha value is -2.63. The Labute approximate surface area is 328 Å². The van der Waals surface area contributed by atoms with E-state index in [0.717, 1.165) is 77.0 Å². The number of aromatic nitrogens is 6. The standard InChI is InChI=1S/C36H56BFN12O4P2/c38-37(51-55(43-21-5-6-22-43,44-23-7-8-24-44,45-25-9-10-26-45)53-49-35-19-3-1-17-33(35)39-41-49)52-56(46-27-11-12-28-46,47-29-13-14-30-47,48-31-15-16-32-48)54-50-36-20-4-2-18-34(36)40-42-50/h1-4,17-20H,5-16,21-32H2. The first kappa shape index (κ1) is 37.6. The van der Waals surface area contributed by atoms with Crippen LogP contribution in [0.2, 0.25) is 0 Å². The van der Waals surface area contributed by atoms with Crippen LogP contribution in [0.25, 0.3) is 22.1 Å². The molecule has 10 rings (SSSR count). The summed E-state index contributed by atoms with van der Waals surface area (Å²) in [5, 5.41) is 18.2. The number of hydrogen-bond acceptors (Lipinski definition) is 14. The van der Waals surface area contributed by atoms with E-state index in [2.05, 4.69) is 48.6 Å². The molecule has 20 heteroatoms. The molecule has 0 spiro atoms. The minimum atomic E-state index is -4.61. The predicted octanol–water partition coefficient (Wildman–Crippen LogP) is 5.55. The van der Waals surface area contributed by atoms with Crippen LogP contribution in [0.4, 0.5) is 4.32 Å². The first-order valence-electron chi connectivity index (χ1n) is 21.1. The van der Waals surface area contributed by atoms with Crippen LogP contribution < -0.4 is 9.25 Å². The van der Waals surface area contributed by atoms with E-state index in [1.54, 1.807) is 0 Å². The molecule has 2 aromatic heterocycles. The van der Waals surface area contributed by atoms with Gasteiger partial charge in [0.1, 0.15) is 0 Å².